The Morgan fingerprint density at radius 1 is 1.16 bits per heavy atom. The average molecular weight is 268 g/mol. The molecule has 3 heteroatoms. The highest BCUT2D eigenvalue weighted by Gasteiger charge is 2.37. The summed E-state index contributed by atoms with van der Waals surface area (Å²) in [6.45, 7) is 5.96. The number of hydrogen-bond acceptors (Lipinski definition) is 3. The van der Waals surface area contributed by atoms with Gasteiger partial charge >= 0.3 is 0 Å². The second kappa shape index (κ2) is 6.55. The predicted octanol–water partition coefficient (Wildman–Crippen LogP) is 2.52. The van der Waals surface area contributed by atoms with Gasteiger partial charge in [0.05, 0.1) is 6.61 Å². The Morgan fingerprint density at radius 2 is 1.79 bits per heavy atom. The van der Waals surface area contributed by atoms with E-state index in [9.17, 15) is 5.11 Å². The van der Waals surface area contributed by atoms with E-state index in [1.165, 1.54) is 45.1 Å². The van der Waals surface area contributed by atoms with E-state index < -0.39 is 0 Å². The molecular formula is C16H32N2O. The van der Waals surface area contributed by atoms with Crippen LogP contribution in [-0.2, 0) is 0 Å². The summed E-state index contributed by atoms with van der Waals surface area (Å²) in [5.74, 6) is 0.712. The van der Waals surface area contributed by atoms with Crippen LogP contribution in [0.4, 0.5) is 0 Å². The molecule has 0 bridgehead atoms. The number of hydrogen-bond donors (Lipinski definition) is 2. The number of aliphatic hydroxyl groups excluding tert-OH is 1. The van der Waals surface area contributed by atoms with Gasteiger partial charge in [-0.1, -0.05) is 26.7 Å². The van der Waals surface area contributed by atoms with Crippen LogP contribution < -0.4 is 5.73 Å². The van der Waals surface area contributed by atoms with Crippen molar-refractivity contribution in [1.82, 2.24) is 4.90 Å². The van der Waals surface area contributed by atoms with Crippen LogP contribution in [0.3, 0.4) is 0 Å². The summed E-state index contributed by atoms with van der Waals surface area (Å²) in [5, 5.41) is 9.55. The standard InChI is InChI=1S/C16H32N2O/c1-13(2)11-18(14-6-3-4-7-14)15-8-5-9-16(17,10-15)12-19/h13-15,19H,3-12,17H2,1-2H3. The van der Waals surface area contributed by atoms with E-state index in [1.54, 1.807) is 0 Å². The van der Waals surface area contributed by atoms with Gasteiger partial charge < -0.3 is 10.8 Å². The maximum absolute atomic E-state index is 9.55. The molecule has 0 amide bonds. The topological polar surface area (TPSA) is 49.5 Å². The largest absolute Gasteiger partial charge is 0.394 e. The van der Waals surface area contributed by atoms with Crippen molar-refractivity contribution in [2.45, 2.75) is 82.8 Å². The molecule has 0 aromatic heterocycles. The van der Waals surface area contributed by atoms with Gasteiger partial charge in [0.15, 0.2) is 0 Å². The fourth-order valence-electron chi connectivity index (χ4n) is 4.04. The van der Waals surface area contributed by atoms with Gasteiger partial charge in [-0.2, -0.15) is 0 Å². The molecular weight excluding hydrogens is 236 g/mol. The van der Waals surface area contributed by atoms with Crippen molar-refractivity contribution in [1.29, 1.82) is 0 Å². The Kier molecular flexibility index (Phi) is 5.27. The first-order valence-corrected chi connectivity index (χ1v) is 8.19. The minimum atomic E-state index is -0.323. The molecule has 0 saturated heterocycles. The zero-order valence-electron chi connectivity index (χ0n) is 12.8. The van der Waals surface area contributed by atoms with Crippen molar-refractivity contribution in [3.8, 4) is 0 Å². The number of nitrogens with two attached hydrogens (primary N) is 1. The molecule has 2 aliphatic carbocycles. The lowest BCUT2D eigenvalue weighted by molar-refractivity contribution is 0.0479. The third kappa shape index (κ3) is 3.93. The minimum absolute atomic E-state index is 0.143. The van der Waals surface area contributed by atoms with E-state index in [2.05, 4.69) is 18.7 Å². The molecule has 0 heterocycles. The first-order chi connectivity index (χ1) is 9.04. The molecule has 0 radical (unpaired) electrons. The molecule has 3 N–H and O–H groups in total. The zero-order valence-corrected chi connectivity index (χ0v) is 12.8. The fourth-order valence-corrected chi connectivity index (χ4v) is 4.04. The lowest BCUT2D eigenvalue weighted by Gasteiger charge is -2.45. The van der Waals surface area contributed by atoms with Crippen molar-refractivity contribution < 1.29 is 5.11 Å². The normalized spacial score (nSPS) is 33.5. The molecule has 2 unspecified atom stereocenters. The first-order valence-electron chi connectivity index (χ1n) is 8.19. The molecule has 0 aromatic carbocycles. The first kappa shape index (κ1) is 15.3. The van der Waals surface area contributed by atoms with E-state index in [0.717, 1.165) is 18.9 Å². The van der Waals surface area contributed by atoms with Crippen LogP contribution in [0.25, 0.3) is 0 Å². The van der Waals surface area contributed by atoms with Gasteiger partial charge in [-0.25, -0.2) is 0 Å². The summed E-state index contributed by atoms with van der Waals surface area (Å²) in [5.41, 5.74) is 6.02. The third-order valence-electron chi connectivity index (χ3n) is 5.01. The molecule has 2 saturated carbocycles. The van der Waals surface area contributed by atoms with Crippen LogP contribution in [0.5, 0.6) is 0 Å². The third-order valence-corrected chi connectivity index (χ3v) is 5.01. The van der Waals surface area contributed by atoms with Crippen LogP contribution >= 0.6 is 0 Å². The lowest BCUT2D eigenvalue weighted by Crippen LogP contribution is -2.55. The van der Waals surface area contributed by atoms with Crippen molar-refractivity contribution in [3.05, 3.63) is 0 Å². The molecule has 2 fully saturated rings. The van der Waals surface area contributed by atoms with E-state index in [4.69, 9.17) is 5.73 Å². The molecule has 0 aliphatic heterocycles. The summed E-state index contributed by atoms with van der Waals surface area (Å²) in [7, 11) is 0. The van der Waals surface area contributed by atoms with Crippen LogP contribution in [0.1, 0.15) is 65.2 Å². The predicted molar refractivity (Wildman–Crippen MR) is 80.1 cm³/mol. The highest BCUT2D eigenvalue weighted by Crippen LogP contribution is 2.34. The lowest BCUT2D eigenvalue weighted by atomic mass is 9.79. The van der Waals surface area contributed by atoms with E-state index in [0.29, 0.717) is 12.0 Å². The molecule has 19 heavy (non-hydrogen) atoms. The molecule has 112 valence electrons. The summed E-state index contributed by atoms with van der Waals surface area (Å²) in [4.78, 5) is 2.74. The van der Waals surface area contributed by atoms with Crippen molar-refractivity contribution in [2.24, 2.45) is 11.7 Å². The number of rotatable bonds is 5. The molecule has 2 atom stereocenters. The van der Waals surface area contributed by atoms with Gasteiger partial charge in [-0.05, 0) is 44.4 Å². The van der Waals surface area contributed by atoms with Gasteiger partial charge in [0.25, 0.3) is 0 Å². The summed E-state index contributed by atoms with van der Waals surface area (Å²) < 4.78 is 0. The Balaban J connectivity index is 2.04. The molecule has 0 spiro atoms. The van der Waals surface area contributed by atoms with Crippen molar-refractivity contribution in [3.63, 3.8) is 0 Å². The van der Waals surface area contributed by atoms with Crippen molar-refractivity contribution in [2.75, 3.05) is 13.2 Å². The van der Waals surface area contributed by atoms with Gasteiger partial charge in [-0.3, -0.25) is 4.90 Å². The van der Waals surface area contributed by atoms with Gasteiger partial charge in [0, 0.05) is 24.2 Å². The second-order valence-electron chi connectivity index (χ2n) is 7.30. The van der Waals surface area contributed by atoms with Gasteiger partial charge in [0.2, 0.25) is 0 Å². The maximum Gasteiger partial charge on any atom is 0.0611 e. The zero-order chi connectivity index (χ0) is 13.9. The maximum atomic E-state index is 9.55. The quantitative estimate of drug-likeness (QED) is 0.805. The molecule has 3 nitrogen and oxygen atoms in total. The summed E-state index contributed by atoms with van der Waals surface area (Å²) in [6, 6.07) is 1.37. The highest BCUT2D eigenvalue weighted by molar-refractivity contribution is 4.96. The van der Waals surface area contributed by atoms with Crippen LogP contribution in [0.2, 0.25) is 0 Å². The Hall–Kier alpha value is -0.120. The summed E-state index contributed by atoms with van der Waals surface area (Å²) >= 11 is 0. The highest BCUT2D eigenvalue weighted by atomic mass is 16.3. The summed E-state index contributed by atoms with van der Waals surface area (Å²) in [6.07, 6.45) is 9.90. The van der Waals surface area contributed by atoms with Crippen LogP contribution in [0, 0.1) is 5.92 Å². The Morgan fingerprint density at radius 3 is 2.37 bits per heavy atom. The van der Waals surface area contributed by atoms with E-state index >= 15 is 0 Å². The SMILES string of the molecule is CC(C)CN(C1CCCC1)C1CCCC(N)(CO)C1. The van der Waals surface area contributed by atoms with Crippen LogP contribution in [-0.4, -0.2) is 40.8 Å². The molecule has 2 rings (SSSR count). The number of nitrogens with zero attached hydrogens (tertiary/aromatic N) is 1. The molecule has 0 aromatic rings. The average Bonchev–Trinajstić information content (AvgIpc) is 2.89. The smallest absolute Gasteiger partial charge is 0.0611 e. The van der Waals surface area contributed by atoms with Crippen molar-refractivity contribution >= 4 is 0 Å². The van der Waals surface area contributed by atoms with Gasteiger partial charge in [0.1, 0.15) is 0 Å². The van der Waals surface area contributed by atoms with E-state index in [-0.39, 0.29) is 12.1 Å². The Bertz CT molecular complexity index is 276. The second-order valence-corrected chi connectivity index (χ2v) is 7.30. The van der Waals surface area contributed by atoms with Gasteiger partial charge in [-0.15, -0.1) is 0 Å². The fraction of sp³-hybridized carbons (Fsp3) is 1.00. The van der Waals surface area contributed by atoms with E-state index in [1.807, 2.05) is 0 Å². The monoisotopic (exact) mass is 268 g/mol. The molecule has 2 aliphatic rings. The minimum Gasteiger partial charge on any atom is -0.394 e. The Labute approximate surface area is 118 Å². The van der Waals surface area contributed by atoms with Crippen LogP contribution in [0.15, 0.2) is 0 Å². The number of aliphatic hydroxyl groups is 1.